The molecule has 0 bridgehead atoms. The Labute approximate surface area is 167 Å². The van der Waals surface area contributed by atoms with Crippen LogP contribution in [-0.2, 0) is 6.18 Å². The fourth-order valence-corrected chi connectivity index (χ4v) is 3.16. The van der Waals surface area contributed by atoms with Gasteiger partial charge in [0.15, 0.2) is 0 Å². The van der Waals surface area contributed by atoms with Crippen LogP contribution < -0.4 is 5.56 Å². The number of aromatic nitrogens is 2. The molecule has 0 unspecified atom stereocenters. The molecule has 0 aliphatic rings. The third kappa shape index (κ3) is 3.41. The maximum Gasteiger partial charge on any atom is 0.416 e. The first kappa shape index (κ1) is 19.3. The highest BCUT2D eigenvalue weighted by Gasteiger charge is 2.30. The minimum atomic E-state index is -4.58. The molecule has 0 amide bonds. The van der Waals surface area contributed by atoms with Crippen LogP contribution in [0.4, 0.5) is 18.9 Å². The molecule has 0 aliphatic heterocycles. The van der Waals surface area contributed by atoms with E-state index in [4.69, 9.17) is 0 Å². The Balaban J connectivity index is 2.02. The Bertz CT molecular complexity index is 1350. The van der Waals surface area contributed by atoms with Gasteiger partial charge in [-0.1, -0.05) is 36.4 Å². The number of hydrogen-bond donors (Lipinski definition) is 0. The number of hydrogen-bond acceptors (Lipinski definition) is 4. The number of halogens is 3. The zero-order chi connectivity index (χ0) is 21.5. The molecule has 30 heavy (non-hydrogen) atoms. The highest BCUT2D eigenvalue weighted by molar-refractivity contribution is 5.94. The second kappa shape index (κ2) is 7.11. The van der Waals surface area contributed by atoms with E-state index in [1.807, 2.05) is 0 Å². The van der Waals surface area contributed by atoms with Gasteiger partial charge in [-0.05, 0) is 24.3 Å². The van der Waals surface area contributed by atoms with Gasteiger partial charge >= 0.3 is 6.18 Å². The number of nitro groups is 1. The monoisotopic (exact) mass is 411 g/mol. The first-order valence-corrected chi connectivity index (χ1v) is 8.70. The van der Waals surface area contributed by atoms with Gasteiger partial charge in [0.25, 0.3) is 11.2 Å². The molecule has 0 fully saturated rings. The molecule has 0 saturated carbocycles. The number of benzene rings is 3. The molecular weight excluding hydrogens is 399 g/mol. The molecular formula is C21H12F3N3O3. The summed E-state index contributed by atoms with van der Waals surface area (Å²) >= 11 is 0. The Morgan fingerprint density at radius 3 is 2.30 bits per heavy atom. The minimum absolute atomic E-state index is 0.0627. The predicted molar refractivity (Wildman–Crippen MR) is 104 cm³/mol. The smallest absolute Gasteiger partial charge is 0.267 e. The summed E-state index contributed by atoms with van der Waals surface area (Å²) in [6.07, 6.45) is -4.58. The van der Waals surface area contributed by atoms with Crippen molar-refractivity contribution in [2.45, 2.75) is 6.18 Å². The zero-order valence-corrected chi connectivity index (χ0v) is 15.1. The molecule has 0 aliphatic carbocycles. The molecule has 0 spiro atoms. The Morgan fingerprint density at radius 1 is 0.900 bits per heavy atom. The van der Waals surface area contributed by atoms with Gasteiger partial charge in [0.2, 0.25) is 0 Å². The maximum absolute atomic E-state index is 13.1. The lowest BCUT2D eigenvalue weighted by Gasteiger charge is -2.13. The van der Waals surface area contributed by atoms with Gasteiger partial charge in [-0.3, -0.25) is 14.9 Å². The number of alkyl halides is 3. The van der Waals surface area contributed by atoms with Gasteiger partial charge < -0.3 is 0 Å². The Morgan fingerprint density at radius 2 is 1.60 bits per heavy atom. The van der Waals surface area contributed by atoms with Gasteiger partial charge in [-0.15, -0.1) is 0 Å². The number of non-ortho nitro benzene ring substituents is 1. The maximum atomic E-state index is 13.1. The number of rotatable bonds is 3. The highest BCUT2D eigenvalue weighted by atomic mass is 19.4. The van der Waals surface area contributed by atoms with Crippen molar-refractivity contribution in [1.29, 1.82) is 0 Å². The van der Waals surface area contributed by atoms with Gasteiger partial charge in [0.05, 0.1) is 27.3 Å². The van der Waals surface area contributed by atoms with Crippen molar-refractivity contribution in [3.05, 3.63) is 98.8 Å². The quantitative estimate of drug-likeness (QED) is 0.352. The summed E-state index contributed by atoms with van der Waals surface area (Å²) < 4.78 is 40.3. The first-order chi connectivity index (χ1) is 14.3. The second-order valence-electron chi connectivity index (χ2n) is 6.47. The molecule has 0 atom stereocenters. The molecule has 0 N–H and O–H groups in total. The van der Waals surface area contributed by atoms with E-state index >= 15 is 0 Å². The van der Waals surface area contributed by atoms with Crippen molar-refractivity contribution >= 4 is 16.5 Å². The Kier molecular flexibility index (Phi) is 4.57. The van der Waals surface area contributed by atoms with Crippen LogP contribution >= 0.6 is 0 Å². The lowest BCUT2D eigenvalue weighted by Crippen LogP contribution is -2.22. The van der Waals surface area contributed by atoms with Gasteiger partial charge in [-0.2, -0.15) is 23.0 Å². The van der Waals surface area contributed by atoms with Gasteiger partial charge in [0, 0.05) is 23.1 Å². The molecule has 0 radical (unpaired) electrons. The van der Waals surface area contributed by atoms with Crippen molar-refractivity contribution in [3.8, 4) is 16.9 Å². The second-order valence-corrected chi connectivity index (χ2v) is 6.47. The van der Waals surface area contributed by atoms with Gasteiger partial charge in [-0.25, -0.2) is 0 Å². The first-order valence-electron chi connectivity index (χ1n) is 8.70. The molecule has 4 rings (SSSR count). The normalized spacial score (nSPS) is 11.6. The van der Waals surface area contributed by atoms with Crippen molar-refractivity contribution in [2.75, 3.05) is 0 Å². The Hall–Kier alpha value is -4.01. The fraction of sp³-hybridized carbons (Fsp3) is 0.0476. The minimum Gasteiger partial charge on any atom is -0.267 e. The van der Waals surface area contributed by atoms with E-state index < -0.39 is 22.2 Å². The van der Waals surface area contributed by atoms with Crippen LogP contribution in [0, 0.1) is 10.1 Å². The summed E-state index contributed by atoms with van der Waals surface area (Å²) in [5.41, 5.74) is -1.15. The summed E-state index contributed by atoms with van der Waals surface area (Å²) in [5.74, 6) is 0. The summed E-state index contributed by atoms with van der Waals surface area (Å²) in [5, 5.41) is 16.1. The van der Waals surface area contributed by atoms with Crippen LogP contribution in [0.2, 0.25) is 0 Å². The van der Waals surface area contributed by atoms with E-state index in [9.17, 15) is 28.1 Å². The van der Waals surface area contributed by atoms with E-state index in [-0.39, 0.29) is 22.5 Å². The number of fused-ring (bicyclic) bond motifs is 1. The van der Waals surface area contributed by atoms with Crippen LogP contribution in [0.25, 0.3) is 27.7 Å². The van der Waals surface area contributed by atoms with E-state index in [0.29, 0.717) is 10.9 Å². The predicted octanol–water partition coefficient (Wildman–Crippen LogP) is 4.98. The lowest BCUT2D eigenvalue weighted by atomic mass is 10.0. The van der Waals surface area contributed by atoms with Gasteiger partial charge in [0.1, 0.15) is 0 Å². The van der Waals surface area contributed by atoms with E-state index in [1.165, 1.54) is 36.4 Å². The van der Waals surface area contributed by atoms with Crippen molar-refractivity contribution in [2.24, 2.45) is 0 Å². The molecule has 150 valence electrons. The largest absolute Gasteiger partial charge is 0.416 e. The van der Waals surface area contributed by atoms with Crippen LogP contribution in [0.15, 0.2) is 77.6 Å². The standard InChI is InChI=1S/C21H12F3N3O3/c22-21(23,24)14-6-4-7-15(12-14)26-20(28)18-10-2-1-9-17(18)19(25-26)13-5-3-8-16(11-13)27(29)30/h1-12H. The SMILES string of the molecule is O=c1c2ccccc2c(-c2cccc([N+](=O)[O-])c2)nn1-c1cccc(C(F)(F)F)c1. The molecule has 3 aromatic carbocycles. The van der Waals surface area contributed by atoms with Crippen LogP contribution in [0.5, 0.6) is 0 Å². The number of nitrogens with zero attached hydrogens (tertiary/aromatic N) is 3. The topological polar surface area (TPSA) is 78.0 Å². The van der Waals surface area contributed by atoms with E-state index in [1.54, 1.807) is 24.3 Å². The lowest BCUT2D eigenvalue weighted by molar-refractivity contribution is -0.384. The molecule has 0 saturated heterocycles. The summed E-state index contributed by atoms with van der Waals surface area (Å²) in [7, 11) is 0. The molecule has 1 aromatic heterocycles. The third-order valence-electron chi connectivity index (χ3n) is 4.55. The number of nitro benzene ring substituents is 1. The summed E-state index contributed by atoms with van der Waals surface area (Å²) in [6, 6.07) is 16.4. The van der Waals surface area contributed by atoms with Crippen molar-refractivity contribution < 1.29 is 18.1 Å². The summed E-state index contributed by atoms with van der Waals surface area (Å²) in [4.78, 5) is 23.5. The van der Waals surface area contributed by atoms with E-state index in [0.717, 1.165) is 16.8 Å². The van der Waals surface area contributed by atoms with Crippen LogP contribution in [0.3, 0.4) is 0 Å². The zero-order valence-electron chi connectivity index (χ0n) is 15.1. The fourth-order valence-electron chi connectivity index (χ4n) is 3.16. The van der Waals surface area contributed by atoms with Crippen LogP contribution in [-0.4, -0.2) is 14.7 Å². The average Bonchev–Trinajstić information content (AvgIpc) is 2.74. The third-order valence-corrected chi connectivity index (χ3v) is 4.55. The highest BCUT2D eigenvalue weighted by Crippen LogP contribution is 2.31. The molecule has 4 aromatic rings. The van der Waals surface area contributed by atoms with Crippen molar-refractivity contribution in [1.82, 2.24) is 9.78 Å². The van der Waals surface area contributed by atoms with Crippen molar-refractivity contribution in [3.63, 3.8) is 0 Å². The van der Waals surface area contributed by atoms with Crippen LogP contribution in [0.1, 0.15) is 5.56 Å². The van der Waals surface area contributed by atoms with E-state index in [2.05, 4.69) is 5.10 Å². The molecule has 1 heterocycles. The molecule has 6 nitrogen and oxygen atoms in total. The molecule has 9 heteroatoms. The average molecular weight is 411 g/mol. The summed E-state index contributed by atoms with van der Waals surface area (Å²) in [6.45, 7) is 0.